The van der Waals surface area contributed by atoms with Crippen molar-refractivity contribution < 1.29 is 21.6 Å². The van der Waals surface area contributed by atoms with Crippen molar-refractivity contribution in [2.24, 2.45) is 0 Å². The number of hydrogen-bond acceptors (Lipinski definition) is 4. The minimum Gasteiger partial charge on any atom is -0.343 e. The molecule has 2 N–H and O–H groups in total. The predicted molar refractivity (Wildman–Crippen MR) is 112 cm³/mol. The Bertz CT molecular complexity index is 1250. The summed E-state index contributed by atoms with van der Waals surface area (Å²) in [5, 5.41) is 6.82. The van der Waals surface area contributed by atoms with Crippen LogP contribution in [-0.2, 0) is 16.2 Å². The van der Waals surface area contributed by atoms with Crippen LogP contribution >= 0.6 is 11.6 Å². The highest BCUT2D eigenvalue weighted by Crippen LogP contribution is 2.41. The summed E-state index contributed by atoms with van der Waals surface area (Å²) in [6.45, 7) is 1.49. The number of fused-ring (bicyclic) bond motifs is 1. The third kappa shape index (κ3) is 4.13. The first-order chi connectivity index (χ1) is 14.6. The summed E-state index contributed by atoms with van der Waals surface area (Å²) in [7, 11) is -4.17. The zero-order valence-corrected chi connectivity index (χ0v) is 17.6. The van der Waals surface area contributed by atoms with Gasteiger partial charge in [0.1, 0.15) is 16.8 Å². The molecule has 11 heteroatoms. The Labute approximate surface area is 181 Å². The fourth-order valence-corrected chi connectivity index (χ4v) is 5.06. The van der Waals surface area contributed by atoms with Crippen LogP contribution in [0.3, 0.4) is 0 Å². The topological polar surface area (TPSA) is 76.0 Å². The molecule has 0 saturated heterocycles. The molecule has 1 aliphatic heterocycles. The lowest BCUT2D eigenvalue weighted by atomic mass is 10.0. The number of anilines is 2. The van der Waals surface area contributed by atoms with E-state index in [9.17, 15) is 21.6 Å². The first kappa shape index (κ1) is 21.3. The van der Waals surface area contributed by atoms with Crippen molar-refractivity contribution in [3.63, 3.8) is 0 Å². The Kier molecular flexibility index (Phi) is 5.22. The molecule has 6 nitrogen and oxygen atoms in total. The first-order valence-corrected chi connectivity index (χ1v) is 10.9. The van der Waals surface area contributed by atoms with Crippen molar-refractivity contribution in [1.29, 1.82) is 0 Å². The van der Waals surface area contributed by atoms with E-state index in [0.29, 0.717) is 16.3 Å². The van der Waals surface area contributed by atoms with Crippen LogP contribution in [0.5, 0.6) is 0 Å². The largest absolute Gasteiger partial charge is 0.435 e. The third-order valence-electron chi connectivity index (χ3n) is 4.71. The molecule has 2 heterocycles. The van der Waals surface area contributed by atoms with E-state index >= 15 is 0 Å². The summed E-state index contributed by atoms with van der Waals surface area (Å²) >= 11 is 5.95. The number of alkyl halides is 3. The van der Waals surface area contributed by atoms with Crippen molar-refractivity contribution in [3.05, 3.63) is 87.5 Å². The zero-order chi connectivity index (χ0) is 22.4. The fourth-order valence-electron chi connectivity index (χ4n) is 3.40. The minimum atomic E-state index is -4.69. The van der Waals surface area contributed by atoms with Gasteiger partial charge in [0.05, 0.1) is 0 Å². The summed E-state index contributed by atoms with van der Waals surface area (Å²) in [5.41, 5.74) is -0.211. The lowest BCUT2D eigenvalue weighted by Gasteiger charge is -2.30. The van der Waals surface area contributed by atoms with Crippen molar-refractivity contribution in [1.82, 2.24) is 9.78 Å². The maximum absolute atomic E-state index is 13.3. The second-order valence-electron chi connectivity index (χ2n) is 6.90. The Morgan fingerprint density at radius 3 is 2.35 bits per heavy atom. The van der Waals surface area contributed by atoms with Gasteiger partial charge < -0.3 is 5.32 Å². The molecule has 2 aromatic carbocycles. The summed E-state index contributed by atoms with van der Waals surface area (Å²) in [4.78, 5) is -0.150. The van der Waals surface area contributed by atoms with Crippen LogP contribution in [0.25, 0.3) is 0 Å². The molecule has 0 amide bonds. The number of nitrogens with one attached hydrogen (secondary N) is 2. The number of halogens is 4. The molecular formula is C20H16ClF3N4O2S. The highest BCUT2D eigenvalue weighted by molar-refractivity contribution is 7.96. The standard InChI is InChI=1S/C20H16ClF3N4O2S/c1-12-19(31(29,30)27-15-5-3-2-4-6-15)18(13-7-9-14(21)10-8-13)28-17(25-12)11-16(26-28)20(22,23)24/h2-11,18,25,27H,1H3. The van der Waals surface area contributed by atoms with Crippen LogP contribution < -0.4 is 10.0 Å². The molecular weight excluding hydrogens is 453 g/mol. The molecule has 1 atom stereocenters. The van der Waals surface area contributed by atoms with E-state index in [0.717, 1.165) is 10.7 Å². The smallest absolute Gasteiger partial charge is 0.343 e. The second-order valence-corrected chi connectivity index (χ2v) is 8.98. The van der Waals surface area contributed by atoms with Crippen LogP contribution in [0.4, 0.5) is 24.7 Å². The minimum absolute atomic E-state index is 0.0310. The average molecular weight is 469 g/mol. The van der Waals surface area contributed by atoms with Crippen LogP contribution in [0.15, 0.2) is 71.3 Å². The van der Waals surface area contributed by atoms with Gasteiger partial charge in [0.25, 0.3) is 10.0 Å². The highest BCUT2D eigenvalue weighted by atomic mass is 35.5. The van der Waals surface area contributed by atoms with Crippen molar-refractivity contribution in [2.75, 3.05) is 10.0 Å². The quantitative estimate of drug-likeness (QED) is 0.548. The molecule has 1 aromatic heterocycles. The molecule has 31 heavy (non-hydrogen) atoms. The van der Waals surface area contributed by atoms with E-state index in [2.05, 4.69) is 15.1 Å². The maximum atomic E-state index is 13.3. The van der Waals surface area contributed by atoms with E-state index in [-0.39, 0.29) is 16.4 Å². The number of para-hydroxylation sites is 1. The molecule has 162 valence electrons. The highest BCUT2D eigenvalue weighted by Gasteiger charge is 2.41. The van der Waals surface area contributed by atoms with Crippen LogP contribution in [0.1, 0.15) is 24.2 Å². The average Bonchev–Trinajstić information content (AvgIpc) is 3.12. The van der Waals surface area contributed by atoms with Gasteiger partial charge >= 0.3 is 6.18 Å². The van der Waals surface area contributed by atoms with Crippen LogP contribution in [0, 0.1) is 0 Å². The molecule has 0 spiro atoms. The third-order valence-corrected chi connectivity index (χ3v) is 6.57. The van der Waals surface area contributed by atoms with Gasteiger partial charge in [-0.05, 0) is 36.8 Å². The molecule has 0 saturated carbocycles. The van der Waals surface area contributed by atoms with Gasteiger partial charge in [0.2, 0.25) is 0 Å². The lowest BCUT2D eigenvalue weighted by molar-refractivity contribution is -0.141. The maximum Gasteiger partial charge on any atom is 0.435 e. The van der Waals surface area contributed by atoms with Crippen molar-refractivity contribution in [2.45, 2.75) is 19.1 Å². The lowest BCUT2D eigenvalue weighted by Crippen LogP contribution is -2.31. The van der Waals surface area contributed by atoms with Gasteiger partial charge in [-0.3, -0.25) is 4.72 Å². The molecule has 0 aliphatic carbocycles. The Morgan fingerprint density at radius 1 is 1.10 bits per heavy atom. The molecule has 1 unspecified atom stereocenters. The van der Waals surface area contributed by atoms with E-state index in [4.69, 9.17) is 11.6 Å². The second kappa shape index (κ2) is 7.61. The Morgan fingerprint density at radius 2 is 1.74 bits per heavy atom. The van der Waals surface area contributed by atoms with E-state index in [1.54, 1.807) is 42.5 Å². The van der Waals surface area contributed by atoms with Gasteiger partial charge in [0.15, 0.2) is 5.69 Å². The van der Waals surface area contributed by atoms with Gasteiger partial charge in [-0.2, -0.15) is 18.3 Å². The van der Waals surface area contributed by atoms with E-state index < -0.39 is 27.9 Å². The number of sulfonamides is 1. The van der Waals surface area contributed by atoms with Crippen molar-refractivity contribution >= 4 is 33.1 Å². The monoisotopic (exact) mass is 468 g/mol. The molecule has 1 aliphatic rings. The van der Waals surface area contributed by atoms with Crippen LogP contribution in [0.2, 0.25) is 5.02 Å². The summed E-state index contributed by atoms with van der Waals surface area (Å²) in [5.74, 6) is 0.0310. The van der Waals surface area contributed by atoms with Gasteiger partial charge in [-0.15, -0.1) is 0 Å². The SMILES string of the molecule is CC1=C(S(=O)(=O)Nc2ccccc2)C(c2ccc(Cl)cc2)n2nc(C(F)(F)F)cc2N1. The number of nitrogens with zero attached hydrogens (tertiary/aromatic N) is 2. The number of aromatic nitrogens is 2. The van der Waals surface area contributed by atoms with Gasteiger partial charge in [-0.25, -0.2) is 13.1 Å². The summed E-state index contributed by atoms with van der Waals surface area (Å²) < 4.78 is 70.1. The van der Waals surface area contributed by atoms with E-state index in [1.165, 1.54) is 19.1 Å². The Hall–Kier alpha value is -2.98. The zero-order valence-electron chi connectivity index (χ0n) is 16.0. The van der Waals surface area contributed by atoms with Gasteiger partial charge in [-0.1, -0.05) is 41.9 Å². The fraction of sp³-hybridized carbons (Fsp3) is 0.150. The first-order valence-electron chi connectivity index (χ1n) is 9.04. The number of benzene rings is 2. The molecule has 3 aromatic rings. The van der Waals surface area contributed by atoms with Crippen LogP contribution in [-0.4, -0.2) is 18.2 Å². The number of allylic oxidation sites excluding steroid dienone is 2. The molecule has 0 fully saturated rings. The molecule has 0 bridgehead atoms. The molecule has 4 rings (SSSR count). The predicted octanol–water partition coefficient (Wildman–Crippen LogP) is 5.24. The summed E-state index contributed by atoms with van der Waals surface area (Å²) in [6, 6.07) is 14.1. The number of rotatable bonds is 4. The van der Waals surface area contributed by atoms with Gasteiger partial charge in [0, 0.05) is 22.5 Å². The normalized spacial score (nSPS) is 16.6. The number of hydrogen-bond donors (Lipinski definition) is 2. The molecule has 0 radical (unpaired) electrons. The van der Waals surface area contributed by atoms with E-state index in [1.807, 2.05) is 0 Å². The summed E-state index contributed by atoms with van der Waals surface area (Å²) in [6.07, 6.45) is -4.69. The van der Waals surface area contributed by atoms with Crippen molar-refractivity contribution in [3.8, 4) is 0 Å². The Balaban J connectivity index is 1.88.